The molecule has 2 atom stereocenters. The molecule has 0 spiro atoms. The van der Waals surface area contributed by atoms with Crippen LogP contribution in [-0.4, -0.2) is 30.5 Å². The molecule has 3 rings (SSSR count). The number of carbonyl (C=O) groups excluding carboxylic acids is 2. The van der Waals surface area contributed by atoms with E-state index >= 15 is 0 Å². The van der Waals surface area contributed by atoms with Crippen molar-refractivity contribution in [2.45, 2.75) is 50.6 Å². The number of benzene rings is 1. The number of rotatable bonds is 6. The van der Waals surface area contributed by atoms with Crippen molar-refractivity contribution in [2.24, 2.45) is 5.92 Å². The average Bonchev–Trinajstić information content (AvgIpc) is 3.44. The molecule has 1 aromatic rings. The van der Waals surface area contributed by atoms with E-state index in [1.807, 2.05) is 0 Å². The van der Waals surface area contributed by atoms with Crippen molar-refractivity contribution in [3.63, 3.8) is 0 Å². The zero-order chi connectivity index (χ0) is 17.6. The van der Waals surface area contributed by atoms with Gasteiger partial charge in [0.25, 0.3) is 5.91 Å². The number of carbonyl (C=O) groups is 2. The Labute approximate surface area is 148 Å². The van der Waals surface area contributed by atoms with Crippen LogP contribution in [0.3, 0.4) is 0 Å². The van der Waals surface area contributed by atoms with Crippen LogP contribution in [0.25, 0.3) is 0 Å². The summed E-state index contributed by atoms with van der Waals surface area (Å²) in [6.45, 7) is 0.206. The Morgan fingerprint density at radius 3 is 2.52 bits per heavy atom. The second-order valence-corrected chi connectivity index (χ2v) is 6.83. The fraction of sp³-hybridized carbons (Fsp3) is 0.500. The summed E-state index contributed by atoms with van der Waals surface area (Å²) >= 11 is 0. The van der Waals surface area contributed by atoms with Gasteiger partial charge in [0.15, 0.2) is 0 Å². The second-order valence-electron chi connectivity index (χ2n) is 6.83. The van der Waals surface area contributed by atoms with Crippen molar-refractivity contribution in [1.29, 1.82) is 0 Å². The van der Waals surface area contributed by atoms with E-state index in [-0.39, 0.29) is 30.4 Å². The van der Waals surface area contributed by atoms with Crippen molar-refractivity contribution in [2.75, 3.05) is 6.61 Å². The summed E-state index contributed by atoms with van der Waals surface area (Å²) < 4.78 is 5.30. The van der Waals surface area contributed by atoms with E-state index in [1.165, 1.54) is 0 Å². The van der Waals surface area contributed by atoms with Gasteiger partial charge in [-0.2, -0.15) is 0 Å². The molecule has 0 saturated heterocycles. The molecule has 2 fully saturated rings. The van der Waals surface area contributed by atoms with Gasteiger partial charge in [0.2, 0.25) is 5.91 Å². The molecule has 0 bridgehead atoms. The minimum Gasteiger partial charge on any atom is -0.481 e. The van der Waals surface area contributed by atoms with Gasteiger partial charge in [-0.05, 0) is 56.4 Å². The summed E-state index contributed by atoms with van der Waals surface area (Å²) in [6.07, 6.45) is 10.9. The second kappa shape index (κ2) is 8.06. The maximum atomic E-state index is 12.4. The van der Waals surface area contributed by atoms with E-state index in [9.17, 15) is 9.59 Å². The largest absolute Gasteiger partial charge is 0.481 e. The minimum atomic E-state index is -0.114. The van der Waals surface area contributed by atoms with E-state index in [0.717, 1.165) is 32.1 Å². The third-order valence-corrected chi connectivity index (χ3v) is 4.74. The molecule has 2 amide bonds. The Kier molecular flexibility index (Phi) is 5.60. The Balaban J connectivity index is 1.51. The van der Waals surface area contributed by atoms with Crippen molar-refractivity contribution in [1.82, 2.24) is 10.6 Å². The molecule has 0 unspecified atom stereocenters. The van der Waals surface area contributed by atoms with Gasteiger partial charge in [0.05, 0.1) is 0 Å². The van der Waals surface area contributed by atoms with Gasteiger partial charge >= 0.3 is 0 Å². The number of ether oxygens (including phenoxy) is 1. The van der Waals surface area contributed by atoms with Crippen molar-refractivity contribution < 1.29 is 14.3 Å². The van der Waals surface area contributed by atoms with E-state index in [0.29, 0.717) is 23.8 Å². The predicted octanol–water partition coefficient (Wildman–Crippen LogP) is 2.27. The highest BCUT2D eigenvalue weighted by molar-refractivity contribution is 5.94. The summed E-state index contributed by atoms with van der Waals surface area (Å²) in [5.74, 6) is 3.09. The summed E-state index contributed by atoms with van der Waals surface area (Å²) in [5.41, 5.74) is 0.581. The van der Waals surface area contributed by atoms with Crippen LogP contribution in [0.5, 0.6) is 5.75 Å². The molecule has 132 valence electrons. The first-order valence-electron chi connectivity index (χ1n) is 8.93. The maximum Gasteiger partial charge on any atom is 0.251 e. The molecular weight excluding hydrogens is 316 g/mol. The molecule has 0 radical (unpaired) electrons. The molecule has 1 aromatic carbocycles. The van der Waals surface area contributed by atoms with E-state index in [4.69, 9.17) is 11.2 Å². The number of hydrogen-bond acceptors (Lipinski definition) is 3. The third-order valence-electron chi connectivity index (χ3n) is 4.74. The smallest absolute Gasteiger partial charge is 0.251 e. The zero-order valence-electron chi connectivity index (χ0n) is 14.3. The molecule has 2 aliphatic carbocycles. The van der Waals surface area contributed by atoms with Crippen molar-refractivity contribution >= 4 is 11.8 Å². The lowest BCUT2D eigenvalue weighted by atomic mass is 9.85. The SMILES string of the molecule is C#CCOc1ccc(C(=O)N[C@@H]2CCC[C@H](C(=O)NC3CC3)C2)cc1. The Bertz CT molecular complexity index is 659. The molecule has 0 aliphatic heterocycles. The predicted molar refractivity (Wildman–Crippen MR) is 95.1 cm³/mol. The molecule has 25 heavy (non-hydrogen) atoms. The fourth-order valence-electron chi connectivity index (χ4n) is 3.20. The molecule has 2 aliphatic rings. The molecule has 0 aromatic heterocycles. The van der Waals surface area contributed by atoms with Crippen LogP contribution in [-0.2, 0) is 4.79 Å². The van der Waals surface area contributed by atoms with Crippen LogP contribution in [0.4, 0.5) is 0 Å². The van der Waals surface area contributed by atoms with E-state index in [1.54, 1.807) is 24.3 Å². The quantitative estimate of drug-likeness (QED) is 0.781. The van der Waals surface area contributed by atoms with Crippen LogP contribution < -0.4 is 15.4 Å². The lowest BCUT2D eigenvalue weighted by Gasteiger charge is -2.29. The molecule has 2 saturated carbocycles. The van der Waals surface area contributed by atoms with Crippen molar-refractivity contribution in [3.05, 3.63) is 29.8 Å². The fourth-order valence-corrected chi connectivity index (χ4v) is 3.20. The van der Waals surface area contributed by atoms with Crippen LogP contribution in [0.15, 0.2) is 24.3 Å². The summed E-state index contributed by atoms with van der Waals surface area (Å²) in [7, 11) is 0. The average molecular weight is 340 g/mol. The van der Waals surface area contributed by atoms with Crippen LogP contribution in [0.2, 0.25) is 0 Å². The zero-order valence-corrected chi connectivity index (χ0v) is 14.3. The standard InChI is InChI=1S/C20H24N2O3/c1-2-12-25-18-10-6-14(7-11-18)19(23)22-17-5-3-4-15(13-17)20(24)21-16-8-9-16/h1,6-7,10-11,15-17H,3-5,8-9,12-13H2,(H,21,24)(H,22,23)/t15-,17+/m0/s1. The van der Waals surface area contributed by atoms with Crippen molar-refractivity contribution in [3.8, 4) is 18.1 Å². The van der Waals surface area contributed by atoms with E-state index in [2.05, 4.69) is 16.6 Å². The van der Waals surface area contributed by atoms with Gasteiger partial charge < -0.3 is 15.4 Å². The molecule has 0 heterocycles. The summed E-state index contributed by atoms with van der Waals surface area (Å²) in [5, 5.41) is 6.13. The van der Waals surface area contributed by atoms with Crippen LogP contribution in [0.1, 0.15) is 48.9 Å². The maximum absolute atomic E-state index is 12.4. The van der Waals surface area contributed by atoms with Gasteiger partial charge in [-0.1, -0.05) is 12.3 Å². The Hall–Kier alpha value is -2.48. The molecule has 5 heteroatoms. The molecule has 5 nitrogen and oxygen atoms in total. The van der Waals surface area contributed by atoms with Crippen LogP contribution >= 0.6 is 0 Å². The summed E-state index contributed by atoms with van der Waals surface area (Å²) in [6, 6.07) is 7.35. The Morgan fingerprint density at radius 1 is 1.08 bits per heavy atom. The van der Waals surface area contributed by atoms with Gasteiger partial charge in [-0.3, -0.25) is 9.59 Å². The first kappa shape index (κ1) is 17.3. The third kappa shape index (κ3) is 4.99. The number of amides is 2. The molecular formula is C20H24N2O3. The first-order chi connectivity index (χ1) is 12.2. The van der Waals surface area contributed by atoms with Gasteiger partial charge in [-0.25, -0.2) is 0 Å². The minimum absolute atomic E-state index is 0.0131. The number of nitrogens with one attached hydrogen (secondary N) is 2. The monoisotopic (exact) mass is 340 g/mol. The summed E-state index contributed by atoms with van der Waals surface area (Å²) in [4.78, 5) is 24.6. The van der Waals surface area contributed by atoms with Crippen LogP contribution in [0, 0.1) is 18.3 Å². The highest BCUT2D eigenvalue weighted by Crippen LogP contribution is 2.27. The van der Waals surface area contributed by atoms with E-state index < -0.39 is 0 Å². The highest BCUT2D eigenvalue weighted by atomic mass is 16.5. The number of hydrogen-bond donors (Lipinski definition) is 2. The van der Waals surface area contributed by atoms with Gasteiger partial charge in [-0.15, -0.1) is 6.42 Å². The molecule has 2 N–H and O–H groups in total. The van der Waals surface area contributed by atoms with Gasteiger partial charge in [0, 0.05) is 23.6 Å². The lowest BCUT2D eigenvalue weighted by Crippen LogP contribution is -2.42. The first-order valence-corrected chi connectivity index (χ1v) is 8.93. The highest BCUT2D eigenvalue weighted by Gasteiger charge is 2.31. The van der Waals surface area contributed by atoms with Gasteiger partial charge in [0.1, 0.15) is 12.4 Å². The number of terminal acetylenes is 1. The Morgan fingerprint density at radius 2 is 1.84 bits per heavy atom. The normalized spacial score (nSPS) is 22.5. The lowest BCUT2D eigenvalue weighted by molar-refractivity contribution is -0.126. The topological polar surface area (TPSA) is 67.4 Å².